The number of halogens is 1. The summed E-state index contributed by atoms with van der Waals surface area (Å²) >= 11 is 0. The summed E-state index contributed by atoms with van der Waals surface area (Å²) in [4.78, 5) is 19.9. The molecule has 1 aromatic heterocycles. The molecule has 0 aliphatic rings. The summed E-state index contributed by atoms with van der Waals surface area (Å²) in [5.74, 6) is -0.811. The Kier molecular flexibility index (Phi) is 3.77. The molecule has 5 heteroatoms. The van der Waals surface area contributed by atoms with Crippen LogP contribution < -0.4 is 0 Å². The molecular formula is C16H17FN2O2. The Balaban J connectivity index is 2.55. The van der Waals surface area contributed by atoms with E-state index in [9.17, 15) is 9.18 Å². The van der Waals surface area contributed by atoms with Gasteiger partial charge in [-0.25, -0.2) is 19.2 Å². The number of carboxylic acid groups (broad SMARTS) is 1. The van der Waals surface area contributed by atoms with Gasteiger partial charge in [-0.3, -0.25) is 0 Å². The van der Waals surface area contributed by atoms with E-state index in [1.807, 2.05) is 13.8 Å². The number of hydrogen-bond donors (Lipinski definition) is 1. The SMILES string of the molecule is Cc1nc(C(C)(C)c2ccc(F)cc2)nc(C)c1C(=O)O. The third-order valence-electron chi connectivity index (χ3n) is 3.61. The van der Waals surface area contributed by atoms with E-state index in [4.69, 9.17) is 5.11 Å². The highest BCUT2D eigenvalue weighted by molar-refractivity contribution is 5.89. The average molecular weight is 288 g/mol. The zero-order chi connectivity index (χ0) is 15.8. The summed E-state index contributed by atoms with van der Waals surface area (Å²) in [6.45, 7) is 7.16. The van der Waals surface area contributed by atoms with Crippen LogP contribution in [0, 0.1) is 19.7 Å². The maximum atomic E-state index is 13.1. The fraction of sp³-hybridized carbons (Fsp3) is 0.312. The lowest BCUT2D eigenvalue weighted by Crippen LogP contribution is -2.24. The molecule has 0 radical (unpaired) electrons. The largest absolute Gasteiger partial charge is 0.478 e. The smallest absolute Gasteiger partial charge is 0.339 e. The molecular weight excluding hydrogens is 271 g/mol. The first-order valence-electron chi connectivity index (χ1n) is 6.58. The second kappa shape index (κ2) is 5.24. The molecule has 0 spiro atoms. The highest BCUT2D eigenvalue weighted by atomic mass is 19.1. The van der Waals surface area contributed by atoms with Crippen LogP contribution in [-0.2, 0) is 5.41 Å². The second-order valence-electron chi connectivity index (χ2n) is 5.53. The van der Waals surface area contributed by atoms with Crippen molar-refractivity contribution < 1.29 is 14.3 Å². The quantitative estimate of drug-likeness (QED) is 0.941. The summed E-state index contributed by atoms with van der Waals surface area (Å²) in [5.41, 5.74) is 1.32. The van der Waals surface area contributed by atoms with Crippen LogP contribution in [0.2, 0.25) is 0 Å². The first kappa shape index (κ1) is 15.1. The Bertz CT molecular complexity index is 671. The van der Waals surface area contributed by atoms with Gasteiger partial charge >= 0.3 is 5.97 Å². The van der Waals surface area contributed by atoms with E-state index < -0.39 is 11.4 Å². The van der Waals surface area contributed by atoms with Crippen LogP contribution in [0.5, 0.6) is 0 Å². The van der Waals surface area contributed by atoms with E-state index in [1.54, 1.807) is 26.0 Å². The molecule has 0 fully saturated rings. The molecule has 0 atom stereocenters. The molecule has 0 unspecified atom stereocenters. The molecule has 4 nitrogen and oxygen atoms in total. The van der Waals surface area contributed by atoms with E-state index in [0.29, 0.717) is 17.2 Å². The minimum absolute atomic E-state index is 0.133. The maximum Gasteiger partial charge on any atom is 0.339 e. The Morgan fingerprint density at radius 2 is 1.57 bits per heavy atom. The monoisotopic (exact) mass is 288 g/mol. The predicted molar refractivity (Wildman–Crippen MR) is 77.0 cm³/mol. The molecule has 0 aliphatic heterocycles. The third kappa shape index (κ3) is 2.77. The van der Waals surface area contributed by atoms with Crippen LogP contribution in [0.15, 0.2) is 24.3 Å². The topological polar surface area (TPSA) is 63.1 Å². The van der Waals surface area contributed by atoms with Gasteiger partial charge in [0.25, 0.3) is 0 Å². The maximum absolute atomic E-state index is 13.1. The molecule has 0 bridgehead atoms. The number of aryl methyl sites for hydroxylation is 2. The van der Waals surface area contributed by atoms with Gasteiger partial charge in [-0.15, -0.1) is 0 Å². The summed E-state index contributed by atoms with van der Waals surface area (Å²) in [6.07, 6.45) is 0. The van der Waals surface area contributed by atoms with Crippen molar-refractivity contribution in [1.82, 2.24) is 9.97 Å². The summed E-state index contributed by atoms with van der Waals surface area (Å²) in [6, 6.07) is 6.16. The van der Waals surface area contributed by atoms with Crippen LogP contribution in [0.4, 0.5) is 4.39 Å². The Morgan fingerprint density at radius 3 is 2.00 bits per heavy atom. The standard InChI is InChI=1S/C16H17FN2O2/c1-9-13(14(20)21)10(2)19-15(18-9)16(3,4)11-5-7-12(17)8-6-11/h5-8H,1-4H3,(H,20,21). The number of nitrogens with zero attached hydrogens (tertiary/aromatic N) is 2. The van der Waals surface area contributed by atoms with E-state index in [2.05, 4.69) is 9.97 Å². The van der Waals surface area contributed by atoms with Gasteiger partial charge in [-0.2, -0.15) is 0 Å². The number of rotatable bonds is 3. The van der Waals surface area contributed by atoms with Gasteiger partial charge in [0, 0.05) is 5.41 Å². The number of benzene rings is 1. The van der Waals surface area contributed by atoms with E-state index >= 15 is 0 Å². The first-order chi connectivity index (χ1) is 9.73. The van der Waals surface area contributed by atoms with Crippen molar-refractivity contribution in [3.8, 4) is 0 Å². The molecule has 1 aromatic carbocycles. The highest BCUT2D eigenvalue weighted by Crippen LogP contribution is 2.30. The zero-order valence-corrected chi connectivity index (χ0v) is 12.4. The van der Waals surface area contributed by atoms with Crippen molar-refractivity contribution in [2.24, 2.45) is 0 Å². The molecule has 0 saturated heterocycles. The van der Waals surface area contributed by atoms with Crippen LogP contribution in [0.3, 0.4) is 0 Å². The highest BCUT2D eigenvalue weighted by Gasteiger charge is 2.28. The molecule has 0 aliphatic carbocycles. The molecule has 2 aromatic rings. The van der Waals surface area contributed by atoms with Crippen molar-refractivity contribution in [2.45, 2.75) is 33.1 Å². The molecule has 0 saturated carbocycles. The van der Waals surface area contributed by atoms with Crippen molar-refractivity contribution in [3.63, 3.8) is 0 Å². The van der Waals surface area contributed by atoms with E-state index in [0.717, 1.165) is 5.56 Å². The molecule has 21 heavy (non-hydrogen) atoms. The normalized spacial score (nSPS) is 11.5. The van der Waals surface area contributed by atoms with Gasteiger partial charge in [0.15, 0.2) is 0 Å². The van der Waals surface area contributed by atoms with Crippen LogP contribution in [-0.4, -0.2) is 21.0 Å². The minimum atomic E-state index is -1.03. The lowest BCUT2D eigenvalue weighted by molar-refractivity contribution is 0.0694. The van der Waals surface area contributed by atoms with Gasteiger partial charge in [-0.1, -0.05) is 12.1 Å². The van der Waals surface area contributed by atoms with Crippen molar-refractivity contribution in [3.05, 3.63) is 58.4 Å². The summed E-state index contributed by atoms with van der Waals surface area (Å²) < 4.78 is 13.1. The summed E-state index contributed by atoms with van der Waals surface area (Å²) in [7, 11) is 0. The van der Waals surface area contributed by atoms with Gasteiger partial charge in [0.05, 0.1) is 11.4 Å². The Hall–Kier alpha value is -2.30. The van der Waals surface area contributed by atoms with Gasteiger partial charge in [0.1, 0.15) is 17.2 Å². The minimum Gasteiger partial charge on any atom is -0.478 e. The molecule has 1 heterocycles. The third-order valence-corrected chi connectivity index (χ3v) is 3.61. The number of carbonyl (C=O) groups is 1. The van der Waals surface area contributed by atoms with Crippen LogP contribution in [0.25, 0.3) is 0 Å². The number of aromatic carboxylic acids is 1. The average Bonchev–Trinajstić information content (AvgIpc) is 2.37. The molecule has 0 amide bonds. The van der Waals surface area contributed by atoms with E-state index in [1.165, 1.54) is 12.1 Å². The van der Waals surface area contributed by atoms with E-state index in [-0.39, 0.29) is 11.4 Å². The van der Waals surface area contributed by atoms with Crippen molar-refractivity contribution in [2.75, 3.05) is 0 Å². The lowest BCUT2D eigenvalue weighted by Gasteiger charge is -2.24. The van der Waals surface area contributed by atoms with Crippen molar-refractivity contribution >= 4 is 5.97 Å². The fourth-order valence-electron chi connectivity index (χ4n) is 2.30. The number of carboxylic acids is 1. The number of aromatic nitrogens is 2. The predicted octanol–water partition coefficient (Wildman–Crippen LogP) is 3.26. The first-order valence-corrected chi connectivity index (χ1v) is 6.58. The second-order valence-corrected chi connectivity index (χ2v) is 5.53. The lowest BCUT2D eigenvalue weighted by atomic mass is 9.83. The van der Waals surface area contributed by atoms with Crippen molar-refractivity contribution in [1.29, 1.82) is 0 Å². The van der Waals surface area contributed by atoms with Gasteiger partial charge in [0.2, 0.25) is 0 Å². The Labute approximate surface area is 122 Å². The van der Waals surface area contributed by atoms with Crippen LogP contribution >= 0.6 is 0 Å². The zero-order valence-electron chi connectivity index (χ0n) is 12.4. The Morgan fingerprint density at radius 1 is 1.10 bits per heavy atom. The van der Waals surface area contributed by atoms with Gasteiger partial charge in [-0.05, 0) is 45.4 Å². The fourth-order valence-corrected chi connectivity index (χ4v) is 2.30. The van der Waals surface area contributed by atoms with Crippen LogP contribution in [0.1, 0.15) is 47.0 Å². The number of hydrogen-bond acceptors (Lipinski definition) is 3. The summed E-state index contributed by atoms with van der Waals surface area (Å²) in [5, 5.41) is 9.17. The molecule has 110 valence electrons. The molecule has 2 rings (SSSR count). The van der Waals surface area contributed by atoms with Gasteiger partial charge < -0.3 is 5.11 Å². The molecule has 1 N–H and O–H groups in total.